The van der Waals surface area contributed by atoms with E-state index in [0.29, 0.717) is 58.1 Å². The molecular formula is C90H118F3N15O20S. The lowest BCUT2D eigenvalue weighted by molar-refractivity contribution is -0.152. The van der Waals surface area contributed by atoms with Crippen molar-refractivity contribution >= 4 is 106 Å². The number of unbranched alkanes of at least 4 members (excludes halogenated alkanes) is 1. The Kier molecular flexibility index (Phi) is 39.9. The molecule has 16 N–H and O–H groups in total. The van der Waals surface area contributed by atoms with Crippen molar-refractivity contribution in [3.63, 3.8) is 0 Å². The molecule has 6 aromatic rings. The number of likely N-dealkylation sites (N-methyl/N-ethyl adjacent to an activating group) is 3. The number of hydrogen-bond donors (Lipinski definition) is 14. The number of carbonyl (C=O) groups excluding carboxylic acids is 13. The van der Waals surface area contributed by atoms with Crippen molar-refractivity contribution in [3.05, 3.63) is 173 Å². The van der Waals surface area contributed by atoms with Gasteiger partial charge in [0.2, 0.25) is 70.9 Å². The molecule has 2 saturated heterocycles. The Morgan fingerprint density at radius 1 is 0.628 bits per heavy atom. The number of aromatic nitrogens is 1. The van der Waals surface area contributed by atoms with Gasteiger partial charge in [-0.3, -0.25) is 62.3 Å². The van der Waals surface area contributed by atoms with E-state index in [-0.39, 0.29) is 120 Å². The molecule has 0 aliphatic carbocycles. The highest BCUT2D eigenvalue weighted by Crippen LogP contribution is 2.28. The molecule has 2 fully saturated rings. The summed E-state index contributed by atoms with van der Waals surface area (Å²) in [4.78, 5) is 209. The van der Waals surface area contributed by atoms with E-state index in [0.717, 1.165) is 26.5 Å². The molecule has 700 valence electrons. The molecule has 8 rings (SSSR count). The number of benzene rings is 5. The van der Waals surface area contributed by atoms with Crippen LogP contribution in [-0.4, -0.2) is 304 Å². The number of morpholine rings is 1. The number of rotatable bonds is 49. The maximum atomic E-state index is 15.4. The summed E-state index contributed by atoms with van der Waals surface area (Å²) >= 11 is 0.818. The summed E-state index contributed by atoms with van der Waals surface area (Å²) in [6.07, 6.45) is -1.13. The van der Waals surface area contributed by atoms with Gasteiger partial charge in [-0.05, 0) is 96.3 Å². The quantitative estimate of drug-likeness (QED) is 0.0189. The Hall–Kier alpha value is -11.9. The number of methoxy groups -OCH3 is 1. The van der Waals surface area contributed by atoms with Crippen molar-refractivity contribution in [3.8, 4) is 5.75 Å². The number of aldehydes is 1. The first-order chi connectivity index (χ1) is 61.6. The number of ether oxygens (including phenoxy) is 2. The van der Waals surface area contributed by atoms with E-state index in [2.05, 4.69) is 42.2 Å². The first-order valence-corrected chi connectivity index (χ1v) is 43.9. The van der Waals surface area contributed by atoms with E-state index in [9.17, 15) is 63.2 Å². The van der Waals surface area contributed by atoms with Gasteiger partial charge in [0.05, 0.1) is 56.2 Å². The predicted octanol–water partition coefficient (Wildman–Crippen LogP) is 1.22. The van der Waals surface area contributed by atoms with Gasteiger partial charge in [-0.15, -0.1) is 11.8 Å². The average Bonchev–Trinajstić information content (AvgIpc) is 0.921. The van der Waals surface area contributed by atoms with Crippen molar-refractivity contribution in [2.24, 2.45) is 17.4 Å². The van der Waals surface area contributed by atoms with Gasteiger partial charge in [0.15, 0.2) is 17.5 Å². The number of carboxylic acid groups (broad SMARTS) is 1. The number of thioether (sulfide) groups is 1. The third-order valence-electron chi connectivity index (χ3n) is 22.7. The molecule has 2 aliphatic heterocycles. The number of β-amino-alcohol motifs (C(OH)–C–C–N with tert-alkyl or cyclic N) is 1. The molecule has 0 spiro atoms. The third kappa shape index (κ3) is 29.3. The predicted molar refractivity (Wildman–Crippen MR) is 470 cm³/mol. The number of para-hydroxylation sites is 1. The zero-order valence-electron chi connectivity index (χ0n) is 73.2. The van der Waals surface area contributed by atoms with Gasteiger partial charge >= 0.3 is 5.97 Å². The van der Waals surface area contributed by atoms with E-state index in [1.807, 2.05) is 0 Å². The Balaban J connectivity index is 1.00. The largest absolute Gasteiger partial charge is 0.508 e. The van der Waals surface area contributed by atoms with Crippen molar-refractivity contribution < 1.29 is 110 Å². The van der Waals surface area contributed by atoms with Gasteiger partial charge in [0.25, 0.3) is 0 Å². The first kappa shape index (κ1) is 103. The molecule has 35 nitrogen and oxygen atoms in total. The smallest absolute Gasteiger partial charge is 0.305 e. The molecule has 39 heteroatoms. The van der Waals surface area contributed by atoms with E-state index in [1.165, 1.54) is 62.3 Å². The summed E-state index contributed by atoms with van der Waals surface area (Å²) in [7, 11) is 5.28. The maximum absolute atomic E-state index is 15.4. The molecule has 12 amide bonds. The minimum absolute atomic E-state index is 0.00691. The number of likely N-dealkylation sites (tertiary alicyclic amines) is 1. The number of nitrogens with two attached hydrogens (primary N) is 2. The minimum atomic E-state index is -1.84. The third-order valence-corrected chi connectivity index (χ3v) is 23.8. The average molecular weight is 1820 g/mol. The second-order valence-corrected chi connectivity index (χ2v) is 33.6. The molecule has 129 heavy (non-hydrogen) atoms. The number of H-pyrrole nitrogens is 1. The monoisotopic (exact) mass is 1820 g/mol. The van der Waals surface area contributed by atoms with Gasteiger partial charge in [-0.25, -0.2) is 13.2 Å². The zero-order valence-corrected chi connectivity index (χ0v) is 74.0. The summed E-state index contributed by atoms with van der Waals surface area (Å²) in [6, 6.07) is 12.9. The number of nitrogens with zero attached hydrogens (tertiary/aromatic N) is 5. The molecule has 0 saturated carbocycles. The number of aromatic amines is 1. The summed E-state index contributed by atoms with van der Waals surface area (Å²) in [5.74, 6) is -17.9. The standard InChI is InChI=1S/C90H118F3N15O20S/c1-8-9-26-71(89(125)108-46-61(112)44-73(108)84(120)97-58(47-109)43-77(114)115)104(4)88(124)74(41-54-21-14-11-15-22-54)106(6)86(122)70(39-56-36-63(91)78(93)64(92)37-56)99-76(113)51-129-50-59(48-110)98-80(116)66(31-34-127-7)100-81(117)68(38-55-27-29-60(111)30-28-55)102-82(118)69(42-57-45-96-65-24-17-16-23-62(57)65)103-85(121)75-49-128-35-33-107(75)87(123)67(25-18-32-94)101-83(119)72(40-53-19-12-10-13-20-53)105(5)90(126)79(95)52(2)3/h10-17,19-24,27-30,36-37,45,47,52,58-59,61,66-75,79,96,110-112H,8-9,18,25-26,31-35,38-44,46,48-51,94-95H2,1-7H3,(H,97,120)(H,98,116)(H,99,113)(H,100,117)(H,101,119)(H,102,118)(H,103,121)(H,114,115)/t58-,59+,61+,66-,67-,68-,69-,70-,71-,72-,73+,74-,75+,79-/m0/s1. The lowest BCUT2D eigenvalue weighted by Crippen LogP contribution is -2.64. The van der Waals surface area contributed by atoms with Crippen LogP contribution in [0.1, 0.15) is 100.0 Å². The van der Waals surface area contributed by atoms with E-state index < -0.39 is 211 Å². The molecule has 0 radical (unpaired) electrons. The summed E-state index contributed by atoms with van der Waals surface area (Å²) in [6.45, 7) is 3.55. The Bertz CT molecular complexity index is 4810. The number of phenols is 1. The summed E-state index contributed by atoms with van der Waals surface area (Å²) in [5, 5.41) is 60.7. The van der Waals surface area contributed by atoms with Crippen LogP contribution < -0.4 is 48.7 Å². The second-order valence-electron chi connectivity index (χ2n) is 32.5. The molecule has 3 heterocycles. The lowest BCUT2D eigenvalue weighted by atomic mass is 9.99. The van der Waals surface area contributed by atoms with Gasteiger partial charge in [-0.2, -0.15) is 0 Å². The molecule has 1 aromatic heterocycles. The number of hydrogen-bond acceptors (Lipinski definition) is 22. The van der Waals surface area contributed by atoms with Gasteiger partial charge in [0, 0.05) is 109 Å². The van der Waals surface area contributed by atoms with Gasteiger partial charge < -0.3 is 113 Å². The molecular weight excluding hydrogens is 1700 g/mol. The SMILES string of the molecule is CCCC[C@@H](C(=O)N1C[C@H](O)C[C@@H]1C(=O)N[C@H](C=O)CC(=O)O)N(C)C(=O)[C@H](Cc1ccccc1)N(C)C(=O)[C@H](Cc1cc(F)c(F)c(F)c1)NC(=O)CSC[C@@H](CO)NC(=O)[C@H](CCOC)NC(=O)[C@H](Cc1ccc(O)cc1)NC(=O)[C@H](Cc1c[nH]c2ccccc12)NC(=O)[C@H]1COCCN1C(=O)[C@H](CCCN)NC(=O)[C@H](Cc1ccccc1)N(C)C(=O)[C@@H](N)C(C)C. The van der Waals surface area contributed by atoms with Crippen LogP contribution in [0.5, 0.6) is 5.75 Å². The Morgan fingerprint density at radius 2 is 1.20 bits per heavy atom. The molecule has 14 atom stereocenters. The first-order valence-electron chi connectivity index (χ1n) is 42.7. The van der Waals surface area contributed by atoms with Crippen molar-refractivity contribution in [2.45, 2.75) is 189 Å². The zero-order chi connectivity index (χ0) is 94.3. The maximum Gasteiger partial charge on any atom is 0.305 e. The van der Waals surface area contributed by atoms with E-state index in [1.54, 1.807) is 112 Å². The van der Waals surface area contributed by atoms with Gasteiger partial charge in [0.1, 0.15) is 72.5 Å². The van der Waals surface area contributed by atoms with Crippen LogP contribution in [0.2, 0.25) is 0 Å². The highest BCUT2D eigenvalue weighted by molar-refractivity contribution is 8.00. The number of fused-ring (bicyclic) bond motifs is 1. The fourth-order valence-electron chi connectivity index (χ4n) is 15.3. The number of aromatic hydroxyl groups is 1. The number of aliphatic carboxylic acids is 1. The number of nitrogens with one attached hydrogen (secondary N) is 8. The lowest BCUT2D eigenvalue weighted by Gasteiger charge is -2.38. The highest BCUT2D eigenvalue weighted by Gasteiger charge is 2.46. The van der Waals surface area contributed by atoms with Gasteiger partial charge in [-0.1, -0.05) is 125 Å². The van der Waals surface area contributed by atoms with Crippen LogP contribution in [0.15, 0.2) is 128 Å². The van der Waals surface area contributed by atoms with Crippen molar-refractivity contribution in [1.82, 2.24) is 66.7 Å². The molecule has 2 aliphatic rings. The molecule has 5 aromatic carbocycles. The second kappa shape index (κ2) is 50.2. The molecule has 0 unspecified atom stereocenters. The summed E-state index contributed by atoms with van der Waals surface area (Å²) in [5.41, 5.74) is 14.8. The number of aliphatic hydroxyl groups is 2. The van der Waals surface area contributed by atoms with Crippen LogP contribution in [0.3, 0.4) is 0 Å². The van der Waals surface area contributed by atoms with E-state index in [4.69, 9.17) is 20.9 Å². The topological polar surface area (TPSA) is 507 Å². The van der Waals surface area contributed by atoms with Crippen molar-refractivity contribution in [2.75, 3.05) is 85.8 Å². The van der Waals surface area contributed by atoms with Crippen LogP contribution in [-0.2, 0) is 109 Å². The fourth-order valence-corrected chi connectivity index (χ4v) is 16.2. The van der Waals surface area contributed by atoms with Crippen molar-refractivity contribution in [1.29, 1.82) is 0 Å². The number of halogens is 3. The van der Waals surface area contributed by atoms with Crippen LogP contribution in [0.25, 0.3) is 10.9 Å². The Labute approximate surface area is 749 Å². The van der Waals surface area contributed by atoms with Crippen LogP contribution in [0.4, 0.5) is 13.2 Å². The number of amides is 12. The highest BCUT2D eigenvalue weighted by atomic mass is 32.2. The number of carboxylic acids is 1. The van der Waals surface area contributed by atoms with Crippen LogP contribution in [0, 0.1) is 23.4 Å². The Morgan fingerprint density at radius 3 is 1.81 bits per heavy atom. The summed E-state index contributed by atoms with van der Waals surface area (Å²) < 4.78 is 55.8. The minimum Gasteiger partial charge on any atom is -0.508 e. The number of aliphatic hydroxyl groups excluding tert-OH is 2. The normalized spacial score (nSPS) is 17.0. The number of carbonyl (C=O) groups is 14. The molecule has 0 bridgehead atoms. The van der Waals surface area contributed by atoms with E-state index >= 15 is 37.5 Å². The number of phenolic OH excluding ortho intramolecular Hbond substituents is 1. The van der Waals surface area contributed by atoms with Crippen LogP contribution >= 0.6 is 11.8 Å². The fraction of sp³-hybridized carbons (Fsp3) is 0.489.